The van der Waals surface area contributed by atoms with Crippen molar-refractivity contribution >= 4 is 21.7 Å². The van der Waals surface area contributed by atoms with Gasteiger partial charge >= 0.3 is 5.97 Å². The van der Waals surface area contributed by atoms with Gasteiger partial charge in [0.2, 0.25) is 10.0 Å². The lowest BCUT2D eigenvalue weighted by atomic mass is 10.1. The first-order valence-corrected chi connectivity index (χ1v) is 9.82. The van der Waals surface area contributed by atoms with Crippen molar-refractivity contribution in [2.45, 2.75) is 18.2 Å². The van der Waals surface area contributed by atoms with E-state index in [1.807, 2.05) is 11.8 Å². The molecule has 27 heavy (non-hydrogen) atoms. The van der Waals surface area contributed by atoms with Crippen LogP contribution in [0.5, 0.6) is 11.5 Å². The van der Waals surface area contributed by atoms with Crippen molar-refractivity contribution in [3.05, 3.63) is 47.8 Å². The second-order valence-corrected chi connectivity index (χ2v) is 8.10. The molecule has 7 nitrogen and oxygen atoms in total. The molecular formula is C18H19FN2O5S. The summed E-state index contributed by atoms with van der Waals surface area (Å²) >= 11 is 0. The molecule has 0 saturated carbocycles. The zero-order valence-electron chi connectivity index (χ0n) is 14.6. The molecule has 1 unspecified atom stereocenters. The molecule has 3 N–H and O–H groups in total. The van der Waals surface area contributed by atoms with Gasteiger partial charge in [0.25, 0.3) is 0 Å². The fraction of sp³-hybridized carbons (Fsp3) is 0.278. The van der Waals surface area contributed by atoms with Crippen LogP contribution in [0.1, 0.15) is 23.7 Å². The fourth-order valence-electron chi connectivity index (χ4n) is 3.03. The lowest BCUT2D eigenvalue weighted by Crippen LogP contribution is -2.22. The van der Waals surface area contributed by atoms with E-state index in [9.17, 15) is 22.7 Å². The van der Waals surface area contributed by atoms with Crippen molar-refractivity contribution in [3.63, 3.8) is 0 Å². The Labute approximate surface area is 156 Å². The average molecular weight is 394 g/mol. The van der Waals surface area contributed by atoms with Gasteiger partial charge in [-0.05, 0) is 48.7 Å². The van der Waals surface area contributed by atoms with Crippen LogP contribution >= 0.6 is 0 Å². The molecule has 1 aliphatic heterocycles. The molecule has 1 saturated heterocycles. The molecule has 2 aromatic carbocycles. The minimum absolute atomic E-state index is 0.0665. The summed E-state index contributed by atoms with van der Waals surface area (Å²) in [4.78, 5) is 12.9. The maximum absolute atomic E-state index is 13.2. The highest BCUT2D eigenvalue weighted by molar-refractivity contribution is 7.89. The zero-order valence-corrected chi connectivity index (χ0v) is 15.4. The van der Waals surface area contributed by atoms with E-state index in [-0.39, 0.29) is 17.1 Å². The number of rotatable bonds is 5. The number of anilines is 1. The lowest BCUT2D eigenvalue weighted by Gasteiger charge is -2.24. The van der Waals surface area contributed by atoms with E-state index in [0.717, 1.165) is 12.5 Å². The predicted molar refractivity (Wildman–Crippen MR) is 97.2 cm³/mol. The van der Waals surface area contributed by atoms with Crippen LogP contribution in [-0.2, 0) is 10.0 Å². The van der Waals surface area contributed by atoms with Crippen molar-refractivity contribution in [1.29, 1.82) is 0 Å². The smallest absolute Gasteiger partial charge is 0.335 e. The summed E-state index contributed by atoms with van der Waals surface area (Å²) in [7, 11) is -4.27. The summed E-state index contributed by atoms with van der Waals surface area (Å²) < 4.78 is 43.2. The second kappa shape index (κ2) is 7.16. The highest BCUT2D eigenvalue weighted by Crippen LogP contribution is 2.41. The molecule has 2 aromatic rings. The van der Waals surface area contributed by atoms with Gasteiger partial charge < -0.3 is 14.7 Å². The van der Waals surface area contributed by atoms with E-state index in [1.54, 1.807) is 0 Å². The van der Waals surface area contributed by atoms with E-state index < -0.39 is 26.7 Å². The Morgan fingerprint density at radius 2 is 1.96 bits per heavy atom. The van der Waals surface area contributed by atoms with Gasteiger partial charge in [-0.1, -0.05) is 6.92 Å². The van der Waals surface area contributed by atoms with Crippen LogP contribution in [0.3, 0.4) is 0 Å². The zero-order chi connectivity index (χ0) is 19.8. The first-order chi connectivity index (χ1) is 12.6. The molecule has 0 aliphatic carbocycles. The third-order valence-electron chi connectivity index (χ3n) is 4.39. The Morgan fingerprint density at radius 1 is 1.30 bits per heavy atom. The van der Waals surface area contributed by atoms with Gasteiger partial charge in [0.05, 0.1) is 11.3 Å². The Hall–Kier alpha value is -2.65. The third-order valence-corrected chi connectivity index (χ3v) is 5.30. The average Bonchev–Trinajstić information content (AvgIpc) is 3.02. The van der Waals surface area contributed by atoms with Gasteiger partial charge in [-0.3, -0.25) is 0 Å². The molecule has 0 amide bonds. The summed E-state index contributed by atoms with van der Waals surface area (Å²) in [5.41, 5.74) is 0.118. The highest BCUT2D eigenvalue weighted by Gasteiger charge is 2.29. The maximum Gasteiger partial charge on any atom is 0.335 e. The number of sulfonamides is 1. The number of carboxylic acid groups (broad SMARTS) is 1. The lowest BCUT2D eigenvalue weighted by molar-refractivity contribution is 0.0696. The number of aromatic carboxylic acids is 1. The van der Waals surface area contributed by atoms with Crippen molar-refractivity contribution in [2.24, 2.45) is 11.1 Å². The SMILES string of the molecule is CC1CCN(c2cc(C(=O)O)cc(S(N)(=O)=O)c2Oc2ccc(F)cc2)C1. The standard InChI is InChI=1S/C18H19FN2O5S/c1-11-6-7-21(10-11)15-8-12(18(22)23)9-16(27(20,24)25)17(15)26-14-4-2-13(19)3-5-14/h2-5,8-9,11H,6-7,10H2,1H3,(H,22,23)(H2,20,24,25). The number of halogens is 1. The number of hydrogen-bond acceptors (Lipinski definition) is 5. The van der Waals surface area contributed by atoms with Gasteiger partial charge in [0.1, 0.15) is 16.5 Å². The van der Waals surface area contributed by atoms with Crippen molar-refractivity contribution in [3.8, 4) is 11.5 Å². The molecule has 144 valence electrons. The van der Waals surface area contributed by atoms with Crippen LogP contribution in [0.4, 0.5) is 10.1 Å². The monoisotopic (exact) mass is 394 g/mol. The molecule has 9 heteroatoms. The Bertz CT molecular complexity index is 976. The maximum atomic E-state index is 13.2. The number of nitrogens with zero attached hydrogens (tertiary/aromatic N) is 1. The van der Waals surface area contributed by atoms with Gasteiger partial charge in [0, 0.05) is 13.1 Å². The molecule has 1 atom stereocenters. The van der Waals surface area contributed by atoms with Crippen LogP contribution in [0, 0.1) is 11.7 Å². The van der Waals surface area contributed by atoms with Gasteiger partial charge in [-0.15, -0.1) is 0 Å². The minimum Gasteiger partial charge on any atom is -0.478 e. The van der Waals surface area contributed by atoms with Crippen molar-refractivity contribution in [2.75, 3.05) is 18.0 Å². The van der Waals surface area contributed by atoms with Crippen molar-refractivity contribution < 1.29 is 27.4 Å². The molecule has 0 spiro atoms. The van der Waals surface area contributed by atoms with E-state index in [0.29, 0.717) is 24.7 Å². The van der Waals surface area contributed by atoms with E-state index in [1.165, 1.54) is 30.3 Å². The van der Waals surface area contributed by atoms with E-state index >= 15 is 0 Å². The molecule has 0 aromatic heterocycles. The molecule has 1 heterocycles. The van der Waals surface area contributed by atoms with Gasteiger partial charge in [-0.2, -0.15) is 0 Å². The number of ether oxygens (including phenoxy) is 1. The topological polar surface area (TPSA) is 110 Å². The Kier molecular flexibility index (Phi) is 5.07. The Morgan fingerprint density at radius 3 is 2.48 bits per heavy atom. The first-order valence-electron chi connectivity index (χ1n) is 8.27. The molecule has 1 fully saturated rings. The second-order valence-electron chi connectivity index (χ2n) is 6.57. The quantitative estimate of drug-likeness (QED) is 0.807. The molecule has 3 rings (SSSR count). The normalized spacial score (nSPS) is 17.1. The number of carboxylic acids is 1. The number of carbonyl (C=O) groups is 1. The summed E-state index contributed by atoms with van der Waals surface area (Å²) in [6.07, 6.45) is 0.873. The summed E-state index contributed by atoms with van der Waals surface area (Å²) in [6, 6.07) is 7.39. The van der Waals surface area contributed by atoms with Crippen LogP contribution in [0.25, 0.3) is 0 Å². The van der Waals surface area contributed by atoms with Crippen LogP contribution in [0.15, 0.2) is 41.3 Å². The van der Waals surface area contributed by atoms with Crippen molar-refractivity contribution in [1.82, 2.24) is 0 Å². The van der Waals surface area contributed by atoms with Crippen LogP contribution in [-0.4, -0.2) is 32.6 Å². The van der Waals surface area contributed by atoms with Gasteiger partial charge in [0.15, 0.2) is 5.75 Å². The Balaban J connectivity index is 2.19. The summed E-state index contributed by atoms with van der Waals surface area (Å²) in [5.74, 6) is -1.25. The van der Waals surface area contributed by atoms with Crippen LogP contribution < -0.4 is 14.8 Å². The third kappa shape index (κ3) is 4.20. The minimum atomic E-state index is -4.27. The fourth-order valence-corrected chi connectivity index (χ4v) is 3.73. The van der Waals surface area contributed by atoms with E-state index in [4.69, 9.17) is 9.88 Å². The predicted octanol–water partition coefficient (Wildman–Crippen LogP) is 2.81. The summed E-state index contributed by atoms with van der Waals surface area (Å²) in [5, 5.41) is 14.7. The number of nitrogens with two attached hydrogens (primary N) is 1. The van der Waals surface area contributed by atoms with E-state index in [2.05, 4.69) is 0 Å². The van der Waals surface area contributed by atoms with Gasteiger partial charge in [-0.25, -0.2) is 22.7 Å². The molecule has 0 radical (unpaired) electrons. The highest BCUT2D eigenvalue weighted by atomic mass is 32.2. The summed E-state index contributed by atoms with van der Waals surface area (Å²) in [6.45, 7) is 3.28. The first kappa shape index (κ1) is 19.1. The molecular weight excluding hydrogens is 375 g/mol. The number of benzene rings is 2. The number of primary sulfonamides is 1. The molecule has 1 aliphatic rings. The van der Waals surface area contributed by atoms with Crippen LogP contribution in [0.2, 0.25) is 0 Å². The largest absolute Gasteiger partial charge is 0.478 e. The molecule has 0 bridgehead atoms. The number of hydrogen-bond donors (Lipinski definition) is 2.